The molecule has 28 heavy (non-hydrogen) atoms. The molecule has 0 radical (unpaired) electrons. The number of carbonyl (C=O) groups excluding carboxylic acids is 1. The molecule has 144 valence electrons. The molecular formula is C23H26N4O. The van der Waals surface area contributed by atoms with E-state index in [9.17, 15) is 4.79 Å². The van der Waals surface area contributed by atoms with E-state index in [-0.39, 0.29) is 5.91 Å². The Morgan fingerprint density at radius 1 is 1.18 bits per heavy atom. The van der Waals surface area contributed by atoms with Gasteiger partial charge in [-0.3, -0.25) is 4.79 Å². The lowest BCUT2D eigenvalue weighted by Crippen LogP contribution is -2.29. The van der Waals surface area contributed by atoms with Crippen LogP contribution in [0.25, 0.3) is 22.3 Å². The number of hydrogen-bond acceptors (Lipinski definition) is 4. The minimum atomic E-state index is 0.0308. The van der Waals surface area contributed by atoms with E-state index < -0.39 is 0 Å². The molecule has 2 aromatic carbocycles. The highest BCUT2D eigenvalue weighted by atomic mass is 16.1. The fourth-order valence-electron chi connectivity index (χ4n) is 3.89. The summed E-state index contributed by atoms with van der Waals surface area (Å²) in [6.07, 6.45) is 1.05. The van der Waals surface area contributed by atoms with Crippen molar-refractivity contribution >= 4 is 22.6 Å². The Labute approximate surface area is 165 Å². The first-order valence-electron chi connectivity index (χ1n) is 9.85. The van der Waals surface area contributed by atoms with Crippen LogP contribution in [-0.4, -0.2) is 35.5 Å². The monoisotopic (exact) mass is 374 g/mol. The van der Waals surface area contributed by atoms with Gasteiger partial charge in [0.15, 0.2) is 5.82 Å². The molecule has 0 bridgehead atoms. The van der Waals surface area contributed by atoms with Crippen LogP contribution in [0.1, 0.15) is 24.5 Å². The first-order chi connectivity index (χ1) is 13.5. The van der Waals surface area contributed by atoms with Gasteiger partial charge in [0.05, 0.1) is 5.52 Å². The van der Waals surface area contributed by atoms with E-state index in [0.717, 1.165) is 54.2 Å². The van der Waals surface area contributed by atoms with Gasteiger partial charge in [0.1, 0.15) is 5.82 Å². The summed E-state index contributed by atoms with van der Waals surface area (Å²) >= 11 is 0. The number of benzene rings is 2. The van der Waals surface area contributed by atoms with Gasteiger partial charge in [-0.1, -0.05) is 30.3 Å². The number of carbonyl (C=O) groups is 1. The number of anilines is 1. The van der Waals surface area contributed by atoms with Crippen LogP contribution in [0.15, 0.2) is 42.5 Å². The van der Waals surface area contributed by atoms with Crippen molar-refractivity contribution in [1.29, 1.82) is 0 Å². The van der Waals surface area contributed by atoms with E-state index in [2.05, 4.69) is 54.4 Å². The third-order valence-corrected chi connectivity index (χ3v) is 5.44. The van der Waals surface area contributed by atoms with E-state index in [1.54, 1.807) is 6.92 Å². The minimum absolute atomic E-state index is 0.0308. The summed E-state index contributed by atoms with van der Waals surface area (Å²) in [7, 11) is 0. The molecule has 1 atom stereocenters. The maximum Gasteiger partial charge on any atom is 0.216 e. The molecule has 3 aromatic rings. The van der Waals surface area contributed by atoms with Gasteiger partial charge in [0.25, 0.3) is 0 Å². The molecule has 0 aliphatic carbocycles. The van der Waals surface area contributed by atoms with Gasteiger partial charge in [-0.15, -0.1) is 0 Å². The van der Waals surface area contributed by atoms with Crippen molar-refractivity contribution in [3.05, 3.63) is 53.6 Å². The molecule has 5 heteroatoms. The smallest absolute Gasteiger partial charge is 0.216 e. The molecule has 1 fully saturated rings. The number of fused-ring (bicyclic) bond motifs is 1. The molecule has 0 spiro atoms. The molecule has 4 rings (SSSR count). The van der Waals surface area contributed by atoms with E-state index in [1.807, 2.05) is 12.1 Å². The lowest BCUT2D eigenvalue weighted by atomic mass is 10.1. The quantitative estimate of drug-likeness (QED) is 0.753. The summed E-state index contributed by atoms with van der Waals surface area (Å²) in [6, 6.07) is 14.6. The van der Waals surface area contributed by atoms with Crippen LogP contribution >= 0.6 is 0 Å². The Morgan fingerprint density at radius 2 is 2.00 bits per heavy atom. The van der Waals surface area contributed by atoms with E-state index in [1.165, 1.54) is 11.1 Å². The van der Waals surface area contributed by atoms with Crippen molar-refractivity contribution in [2.75, 3.05) is 24.5 Å². The van der Waals surface area contributed by atoms with Crippen LogP contribution < -0.4 is 10.2 Å². The zero-order valence-corrected chi connectivity index (χ0v) is 16.7. The highest BCUT2D eigenvalue weighted by Gasteiger charge is 2.26. The van der Waals surface area contributed by atoms with Crippen molar-refractivity contribution < 1.29 is 4.79 Å². The summed E-state index contributed by atoms with van der Waals surface area (Å²) in [5.41, 5.74) is 4.41. The molecular weight excluding hydrogens is 348 g/mol. The second kappa shape index (κ2) is 7.58. The molecule has 1 aliphatic heterocycles. The molecule has 1 saturated heterocycles. The second-order valence-electron chi connectivity index (χ2n) is 7.74. The highest BCUT2D eigenvalue weighted by molar-refractivity contribution is 5.91. The summed E-state index contributed by atoms with van der Waals surface area (Å²) in [5.74, 6) is 2.25. The first-order valence-corrected chi connectivity index (χ1v) is 9.85. The van der Waals surface area contributed by atoms with Crippen molar-refractivity contribution in [2.45, 2.75) is 27.2 Å². The maximum atomic E-state index is 11.2. The molecule has 1 amide bonds. The van der Waals surface area contributed by atoms with Crippen LogP contribution in [0.2, 0.25) is 0 Å². The fraction of sp³-hybridized carbons (Fsp3) is 0.348. The molecule has 2 heterocycles. The van der Waals surface area contributed by atoms with Crippen LogP contribution in [0, 0.1) is 19.8 Å². The largest absolute Gasteiger partial charge is 0.356 e. The summed E-state index contributed by atoms with van der Waals surface area (Å²) in [6.45, 7) is 8.32. The average Bonchev–Trinajstić information content (AvgIpc) is 3.14. The number of rotatable bonds is 4. The second-order valence-corrected chi connectivity index (χ2v) is 7.74. The zero-order valence-electron chi connectivity index (χ0n) is 16.7. The van der Waals surface area contributed by atoms with Gasteiger partial charge in [-0.05, 0) is 49.4 Å². The van der Waals surface area contributed by atoms with E-state index in [4.69, 9.17) is 9.97 Å². The molecule has 5 nitrogen and oxygen atoms in total. The predicted molar refractivity (Wildman–Crippen MR) is 113 cm³/mol. The molecule has 1 aliphatic rings. The number of aromatic nitrogens is 2. The Hall–Kier alpha value is -2.95. The standard InChI is InChI=1S/C23H26N4O/c1-15-8-9-20-21(12-15)25-22(19-7-5-4-6-16(19)2)26-23(20)27-11-10-18(14-27)13-24-17(3)28/h4-9,12,18H,10-11,13-14H2,1-3H3,(H,24,28). The van der Waals surface area contributed by atoms with Gasteiger partial charge in [0.2, 0.25) is 5.91 Å². The van der Waals surface area contributed by atoms with E-state index in [0.29, 0.717) is 5.92 Å². The van der Waals surface area contributed by atoms with Crippen molar-refractivity contribution in [1.82, 2.24) is 15.3 Å². The summed E-state index contributed by atoms with van der Waals surface area (Å²) in [5, 5.41) is 4.04. The fourth-order valence-corrected chi connectivity index (χ4v) is 3.89. The predicted octanol–water partition coefficient (Wildman–Crippen LogP) is 3.88. The summed E-state index contributed by atoms with van der Waals surface area (Å²) < 4.78 is 0. The first kappa shape index (κ1) is 18.4. The van der Waals surface area contributed by atoms with Crippen molar-refractivity contribution in [3.63, 3.8) is 0 Å². The van der Waals surface area contributed by atoms with E-state index >= 15 is 0 Å². The van der Waals surface area contributed by atoms with Crippen molar-refractivity contribution in [3.8, 4) is 11.4 Å². The Bertz CT molecular complexity index is 1030. The lowest BCUT2D eigenvalue weighted by Gasteiger charge is -2.21. The van der Waals surface area contributed by atoms with Gasteiger partial charge in [-0.2, -0.15) is 0 Å². The number of hydrogen-bond donors (Lipinski definition) is 1. The van der Waals surface area contributed by atoms with Crippen molar-refractivity contribution in [2.24, 2.45) is 5.92 Å². The lowest BCUT2D eigenvalue weighted by molar-refractivity contribution is -0.119. The Balaban J connectivity index is 1.75. The maximum absolute atomic E-state index is 11.2. The topological polar surface area (TPSA) is 58.1 Å². The van der Waals surface area contributed by atoms with Gasteiger partial charge in [0, 0.05) is 37.5 Å². The molecule has 1 N–H and O–H groups in total. The molecule has 0 saturated carbocycles. The average molecular weight is 374 g/mol. The van der Waals surface area contributed by atoms with Crippen LogP contribution in [-0.2, 0) is 4.79 Å². The highest BCUT2D eigenvalue weighted by Crippen LogP contribution is 2.32. The normalized spacial score (nSPS) is 16.5. The zero-order chi connectivity index (χ0) is 19.7. The Morgan fingerprint density at radius 3 is 2.79 bits per heavy atom. The molecule has 1 unspecified atom stereocenters. The number of nitrogens with one attached hydrogen (secondary N) is 1. The summed E-state index contributed by atoms with van der Waals surface area (Å²) in [4.78, 5) is 23.5. The number of aryl methyl sites for hydroxylation is 2. The van der Waals surface area contributed by atoms with Gasteiger partial charge >= 0.3 is 0 Å². The number of amides is 1. The minimum Gasteiger partial charge on any atom is -0.356 e. The van der Waals surface area contributed by atoms with Gasteiger partial charge in [-0.25, -0.2) is 9.97 Å². The number of nitrogens with zero attached hydrogens (tertiary/aromatic N) is 3. The SMILES string of the molecule is CC(=O)NCC1CCN(c2nc(-c3ccccc3C)nc3cc(C)ccc23)C1. The van der Waals surface area contributed by atoms with Crippen LogP contribution in [0.3, 0.4) is 0 Å². The Kier molecular flexibility index (Phi) is 4.99. The molecule has 1 aromatic heterocycles. The third-order valence-electron chi connectivity index (χ3n) is 5.44. The third kappa shape index (κ3) is 3.70. The van der Waals surface area contributed by atoms with Crippen LogP contribution in [0.4, 0.5) is 5.82 Å². The van der Waals surface area contributed by atoms with Gasteiger partial charge < -0.3 is 10.2 Å². The van der Waals surface area contributed by atoms with Crippen LogP contribution in [0.5, 0.6) is 0 Å².